The van der Waals surface area contributed by atoms with Crippen molar-refractivity contribution in [3.05, 3.63) is 41.5 Å². The number of nitrogen functional groups attached to an aromatic ring is 1. The lowest BCUT2D eigenvalue weighted by molar-refractivity contribution is 0.0234. The van der Waals surface area contributed by atoms with Crippen LogP contribution in [0.5, 0.6) is 5.75 Å². The number of nitrogens with zero attached hydrogens (tertiary/aromatic N) is 3. The molecule has 2 aromatic rings. The Morgan fingerprint density at radius 2 is 2.16 bits per heavy atom. The Kier molecular flexibility index (Phi) is 4.80. The maximum absolute atomic E-state index is 12.7. The second-order valence-corrected chi connectivity index (χ2v) is 6.22. The molecule has 8 heteroatoms. The minimum Gasteiger partial charge on any atom is -0.495 e. The van der Waals surface area contributed by atoms with E-state index < -0.39 is 0 Å². The van der Waals surface area contributed by atoms with Crippen LogP contribution in [0.15, 0.2) is 24.7 Å². The van der Waals surface area contributed by atoms with Gasteiger partial charge in [-0.15, -0.1) is 0 Å². The van der Waals surface area contributed by atoms with Gasteiger partial charge >= 0.3 is 0 Å². The van der Waals surface area contributed by atoms with Gasteiger partial charge in [0.1, 0.15) is 5.75 Å². The maximum atomic E-state index is 12.7. The van der Waals surface area contributed by atoms with Crippen LogP contribution in [0.2, 0.25) is 0 Å². The van der Waals surface area contributed by atoms with E-state index >= 15 is 0 Å². The summed E-state index contributed by atoms with van der Waals surface area (Å²) < 4.78 is 5.22. The zero-order valence-corrected chi connectivity index (χ0v) is 14.1. The lowest BCUT2D eigenvalue weighted by atomic mass is 9.75. The average Bonchev–Trinajstić information content (AvgIpc) is 2.57. The largest absolute Gasteiger partial charge is 0.495 e. The number of aryl methyl sites for hydroxylation is 1. The van der Waals surface area contributed by atoms with E-state index in [0.717, 1.165) is 5.56 Å². The molecule has 3 rings (SSSR count). The summed E-state index contributed by atoms with van der Waals surface area (Å²) in [6, 6.07) is 1.56. The predicted molar refractivity (Wildman–Crippen MR) is 90.9 cm³/mol. The second-order valence-electron chi connectivity index (χ2n) is 6.22. The van der Waals surface area contributed by atoms with Crippen molar-refractivity contribution < 1.29 is 14.6 Å². The second kappa shape index (κ2) is 7.02. The number of nitrogens with two attached hydrogens (primary N) is 1. The molecule has 25 heavy (non-hydrogen) atoms. The minimum absolute atomic E-state index is 0.128. The molecule has 1 amide bonds. The molecule has 4 N–H and O–H groups in total. The van der Waals surface area contributed by atoms with Gasteiger partial charge in [-0.25, -0.2) is 9.97 Å². The predicted octanol–water partition coefficient (Wildman–Crippen LogP) is 1.01. The van der Waals surface area contributed by atoms with E-state index in [0.29, 0.717) is 29.8 Å². The van der Waals surface area contributed by atoms with Gasteiger partial charge in [0.15, 0.2) is 0 Å². The van der Waals surface area contributed by atoms with Gasteiger partial charge in [0, 0.05) is 12.4 Å². The van der Waals surface area contributed by atoms with Crippen LogP contribution in [0.4, 0.5) is 5.95 Å². The maximum Gasteiger partial charge on any atom is 0.255 e. The highest BCUT2D eigenvalue weighted by Crippen LogP contribution is 2.38. The quantitative estimate of drug-likeness (QED) is 0.740. The van der Waals surface area contributed by atoms with Crippen LogP contribution in [0.25, 0.3) is 0 Å². The number of nitrogens with one attached hydrogen (secondary N) is 1. The van der Waals surface area contributed by atoms with Gasteiger partial charge in [0.2, 0.25) is 5.95 Å². The monoisotopic (exact) mass is 343 g/mol. The van der Waals surface area contributed by atoms with Crippen LogP contribution < -0.4 is 15.8 Å². The third kappa shape index (κ3) is 3.69. The number of carbonyl (C=O) groups excluding carboxylic acids is 1. The van der Waals surface area contributed by atoms with Crippen LogP contribution in [0, 0.1) is 12.8 Å². The summed E-state index contributed by atoms with van der Waals surface area (Å²) in [5.74, 6) is 0.586. The molecule has 1 saturated carbocycles. The number of anilines is 1. The van der Waals surface area contributed by atoms with E-state index in [-0.39, 0.29) is 29.9 Å². The minimum atomic E-state index is -0.329. The number of hydrogen-bond acceptors (Lipinski definition) is 7. The number of rotatable bonds is 5. The number of aliphatic hydroxyl groups is 1. The molecule has 1 fully saturated rings. The van der Waals surface area contributed by atoms with Gasteiger partial charge in [-0.1, -0.05) is 0 Å². The molecule has 2 heterocycles. The molecule has 1 aliphatic carbocycles. The number of aliphatic hydroxyl groups excluding tert-OH is 1. The van der Waals surface area contributed by atoms with Gasteiger partial charge in [-0.3, -0.25) is 9.78 Å². The molecule has 0 radical (unpaired) electrons. The summed E-state index contributed by atoms with van der Waals surface area (Å²) >= 11 is 0. The van der Waals surface area contributed by atoms with Crippen molar-refractivity contribution in [2.45, 2.75) is 31.9 Å². The number of carbonyl (C=O) groups is 1. The van der Waals surface area contributed by atoms with E-state index in [1.165, 1.54) is 6.20 Å². The molecule has 0 bridgehead atoms. The Balaban J connectivity index is 1.85. The number of amides is 1. The van der Waals surface area contributed by atoms with Gasteiger partial charge in [-0.05, 0) is 37.3 Å². The molecule has 2 aromatic heterocycles. The molecule has 0 aromatic carbocycles. The average molecular weight is 343 g/mol. The molecule has 0 saturated heterocycles. The first kappa shape index (κ1) is 17.1. The van der Waals surface area contributed by atoms with Crippen molar-refractivity contribution in [1.29, 1.82) is 0 Å². The normalized spacial score (nSPS) is 20.4. The van der Waals surface area contributed by atoms with E-state index in [9.17, 15) is 9.90 Å². The van der Waals surface area contributed by atoms with E-state index in [1.54, 1.807) is 26.4 Å². The first-order valence-electron chi connectivity index (χ1n) is 8.05. The fourth-order valence-electron chi connectivity index (χ4n) is 3.02. The van der Waals surface area contributed by atoms with Crippen molar-refractivity contribution in [3.8, 4) is 5.75 Å². The molecule has 0 unspecified atom stereocenters. The lowest BCUT2D eigenvalue weighted by Crippen LogP contribution is -2.41. The first-order valence-corrected chi connectivity index (χ1v) is 8.05. The van der Waals surface area contributed by atoms with Crippen molar-refractivity contribution in [2.75, 3.05) is 12.8 Å². The Morgan fingerprint density at radius 1 is 1.40 bits per heavy atom. The standard InChI is InChI=1S/C17H21N5O3/c1-9-14(8-20-17(18)21-9)16(24)22-15(10-3-12(23)4-10)11-5-13(25-2)7-19-6-11/h5-8,10,12,15,23H,3-4H2,1-2H3,(H,22,24)(H2,18,20,21)/t10?,12?,15-/m0/s1. The number of ether oxygens (including phenoxy) is 1. The van der Waals surface area contributed by atoms with E-state index in [4.69, 9.17) is 10.5 Å². The van der Waals surface area contributed by atoms with Gasteiger partial charge in [0.25, 0.3) is 5.91 Å². The highest BCUT2D eigenvalue weighted by atomic mass is 16.5. The summed E-state index contributed by atoms with van der Waals surface area (Å²) in [6.45, 7) is 1.71. The van der Waals surface area contributed by atoms with Crippen LogP contribution in [0.3, 0.4) is 0 Å². The summed E-state index contributed by atoms with van der Waals surface area (Å²) in [4.78, 5) is 24.8. The van der Waals surface area contributed by atoms with Crippen molar-refractivity contribution >= 4 is 11.9 Å². The Bertz CT molecular complexity index is 777. The summed E-state index contributed by atoms with van der Waals surface area (Å²) in [5.41, 5.74) is 7.26. The molecular weight excluding hydrogens is 322 g/mol. The van der Waals surface area contributed by atoms with Gasteiger partial charge < -0.3 is 20.9 Å². The van der Waals surface area contributed by atoms with E-state index in [1.807, 2.05) is 6.07 Å². The van der Waals surface area contributed by atoms with Crippen LogP contribution in [-0.2, 0) is 0 Å². The van der Waals surface area contributed by atoms with Crippen molar-refractivity contribution in [3.63, 3.8) is 0 Å². The van der Waals surface area contributed by atoms with Crippen molar-refractivity contribution in [1.82, 2.24) is 20.3 Å². The topological polar surface area (TPSA) is 123 Å². The van der Waals surface area contributed by atoms with Gasteiger partial charge in [-0.2, -0.15) is 0 Å². The molecule has 1 atom stereocenters. The molecular formula is C17H21N5O3. The Morgan fingerprint density at radius 3 is 2.80 bits per heavy atom. The van der Waals surface area contributed by atoms with Crippen LogP contribution in [-0.4, -0.2) is 39.2 Å². The smallest absolute Gasteiger partial charge is 0.255 e. The third-order valence-electron chi connectivity index (χ3n) is 4.48. The lowest BCUT2D eigenvalue weighted by Gasteiger charge is -2.38. The third-order valence-corrected chi connectivity index (χ3v) is 4.48. The van der Waals surface area contributed by atoms with E-state index in [2.05, 4.69) is 20.3 Å². The zero-order chi connectivity index (χ0) is 18.0. The molecule has 0 spiro atoms. The molecule has 0 aliphatic heterocycles. The summed E-state index contributed by atoms with van der Waals surface area (Å²) in [7, 11) is 1.57. The number of aromatic nitrogens is 3. The number of hydrogen-bond donors (Lipinski definition) is 3. The molecule has 8 nitrogen and oxygen atoms in total. The fourth-order valence-corrected chi connectivity index (χ4v) is 3.02. The van der Waals surface area contributed by atoms with Crippen molar-refractivity contribution in [2.24, 2.45) is 5.92 Å². The SMILES string of the molecule is COc1cncc([C@@H](NC(=O)c2cnc(N)nc2C)C2CC(O)C2)c1. The fraction of sp³-hybridized carbons (Fsp3) is 0.412. The highest BCUT2D eigenvalue weighted by molar-refractivity contribution is 5.95. The number of methoxy groups -OCH3 is 1. The Hall–Kier alpha value is -2.74. The van der Waals surface area contributed by atoms with Crippen LogP contribution >= 0.6 is 0 Å². The Labute approximate surface area is 145 Å². The number of pyridine rings is 1. The van der Waals surface area contributed by atoms with Crippen LogP contribution in [0.1, 0.15) is 40.5 Å². The molecule has 1 aliphatic rings. The first-order chi connectivity index (χ1) is 12.0. The molecule has 132 valence electrons. The van der Waals surface area contributed by atoms with Gasteiger partial charge in [0.05, 0.1) is 36.7 Å². The summed E-state index contributed by atoms with van der Waals surface area (Å²) in [5, 5.41) is 12.7. The zero-order valence-electron chi connectivity index (χ0n) is 14.1. The highest BCUT2D eigenvalue weighted by Gasteiger charge is 2.36. The summed E-state index contributed by atoms with van der Waals surface area (Å²) in [6.07, 6.45) is 5.65.